The Kier molecular flexibility index (Phi) is 10.7. The lowest BCUT2D eigenvalue weighted by Gasteiger charge is -2.23. The Bertz CT molecular complexity index is 296. The van der Waals surface area contributed by atoms with Gasteiger partial charge < -0.3 is 10.2 Å². The normalized spacial score (nSPS) is 16.6. The van der Waals surface area contributed by atoms with E-state index < -0.39 is 0 Å². The van der Waals surface area contributed by atoms with Crippen LogP contribution in [0.3, 0.4) is 0 Å². The van der Waals surface area contributed by atoms with Gasteiger partial charge in [0.2, 0.25) is 0 Å². The molecule has 0 aliphatic heterocycles. The number of aliphatic hydroxyl groups excluding tert-OH is 2. The van der Waals surface area contributed by atoms with Gasteiger partial charge in [-0.1, -0.05) is 30.2 Å². The van der Waals surface area contributed by atoms with Crippen LogP contribution in [0, 0.1) is 0 Å². The van der Waals surface area contributed by atoms with Crippen LogP contribution in [0.15, 0.2) is 23.3 Å². The molecule has 20 heavy (non-hydrogen) atoms. The van der Waals surface area contributed by atoms with E-state index in [-0.39, 0.29) is 12.2 Å². The maximum absolute atomic E-state index is 9.48. The largest absolute Gasteiger partial charge is 0.392 e. The SMILES string of the molecule is CC/C(C)=C\CC/C(C)=C/CN(CC(C)O)CC(C)O. The predicted molar refractivity (Wildman–Crippen MR) is 86.8 cm³/mol. The lowest BCUT2D eigenvalue weighted by molar-refractivity contribution is 0.0905. The summed E-state index contributed by atoms with van der Waals surface area (Å²) in [5, 5.41) is 19.0. The minimum atomic E-state index is -0.363. The summed E-state index contributed by atoms with van der Waals surface area (Å²) in [7, 11) is 0. The number of hydrogen-bond acceptors (Lipinski definition) is 3. The molecule has 0 amide bonds. The highest BCUT2D eigenvalue weighted by Crippen LogP contribution is 2.09. The maximum atomic E-state index is 9.48. The third-order valence-electron chi connectivity index (χ3n) is 3.33. The van der Waals surface area contributed by atoms with Crippen LogP contribution in [0.1, 0.15) is 53.9 Å². The van der Waals surface area contributed by atoms with Gasteiger partial charge in [0, 0.05) is 19.6 Å². The second-order valence-corrected chi connectivity index (χ2v) is 5.91. The summed E-state index contributed by atoms with van der Waals surface area (Å²) in [6, 6.07) is 0. The van der Waals surface area contributed by atoms with Crippen molar-refractivity contribution in [3.63, 3.8) is 0 Å². The lowest BCUT2D eigenvalue weighted by atomic mass is 10.1. The van der Waals surface area contributed by atoms with Crippen LogP contribution in [0.5, 0.6) is 0 Å². The van der Waals surface area contributed by atoms with Gasteiger partial charge in [0.15, 0.2) is 0 Å². The van der Waals surface area contributed by atoms with E-state index in [4.69, 9.17) is 0 Å². The highest BCUT2D eigenvalue weighted by molar-refractivity contribution is 5.04. The summed E-state index contributed by atoms with van der Waals surface area (Å²) >= 11 is 0. The molecule has 0 aliphatic rings. The Labute approximate surface area is 125 Å². The molecule has 0 aromatic rings. The molecule has 2 atom stereocenters. The average molecular weight is 283 g/mol. The number of nitrogens with zero attached hydrogens (tertiary/aromatic N) is 1. The van der Waals surface area contributed by atoms with E-state index in [2.05, 4.69) is 37.8 Å². The monoisotopic (exact) mass is 283 g/mol. The van der Waals surface area contributed by atoms with Crippen LogP contribution < -0.4 is 0 Å². The maximum Gasteiger partial charge on any atom is 0.0639 e. The molecule has 0 spiro atoms. The Hall–Kier alpha value is -0.640. The third kappa shape index (κ3) is 11.2. The molecule has 0 bridgehead atoms. The van der Waals surface area contributed by atoms with Gasteiger partial charge in [-0.05, 0) is 47.0 Å². The van der Waals surface area contributed by atoms with E-state index in [0.29, 0.717) is 13.1 Å². The number of hydrogen-bond donors (Lipinski definition) is 2. The second kappa shape index (κ2) is 11.1. The van der Waals surface area contributed by atoms with E-state index >= 15 is 0 Å². The third-order valence-corrected chi connectivity index (χ3v) is 3.33. The van der Waals surface area contributed by atoms with Crippen molar-refractivity contribution in [3.8, 4) is 0 Å². The molecule has 2 unspecified atom stereocenters. The van der Waals surface area contributed by atoms with Gasteiger partial charge in [0.25, 0.3) is 0 Å². The summed E-state index contributed by atoms with van der Waals surface area (Å²) in [5.74, 6) is 0. The molecule has 0 saturated carbocycles. The molecule has 3 heteroatoms. The molecule has 3 nitrogen and oxygen atoms in total. The fourth-order valence-corrected chi connectivity index (χ4v) is 2.05. The van der Waals surface area contributed by atoms with Gasteiger partial charge in [-0.2, -0.15) is 0 Å². The molecule has 0 fully saturated rings. The van der Waals surface area contributed by atoms with E-state index in [1.807, 2.05) is 0 Å². The van der Waals surface area contributed by atoms with Crippen molar-refractivity contribution in [1.29, 1.82) is 0 Å². The first-order valence-corrected chi connectivity index (χ1v) is 7.74. The zero-order valence-corrected chi connectivity index (χ0v) is 13.9. The first-order chi connectivity index (χ1) is 9.35. The van der Waals surface area contributed by atoms with Crippen molar-refractivity contribution in [2.45, 2.75) is 66.1 Å². The zero-order chi connectivity index (χ0) is 15.5. The number of allylic oxidation sites excluding steroid dienone is 3. The molecule has 0 heterocycles. The summed E-state index contributed by atoms with van der Waals surface area (Å²) in [5.41, 5.74) is 2.81. The molecule has 2 N–H and O–H groups in total. The molecule has 0 radical (unpaired) electrons. The first-order valence-electron chi connectivity index (χ1n) is 7.74. The standard InChI is InChI=1S/C17H33NO2/c1-6-14(2)8-7-9-15(3)10-11-18(12-16(4)19)13-17(5)20/h8,10,16-17,19-20H,6-7,9,11-13H2,1-5H3/b14-8-,15-10+. The Morgan fingerprint density at radius 3 is 2.00 bits per heavy atom. The van der Waals surface area contributed by atoms with Crippen molar-refractivity contribution < 1.29 is 10.2 Å². The van der Waals surface area contributed by atoms with Crippen LogP contribution in [0.4, 0.5) is 0 Å². The second-order valence-electron chi connectivity index (χ2n) is 5.91. The predicted octanol–water partition coefficient (Wildman–Crippen LogP) is 3.13. The van der Waals surface area contributed by atoms with Gasteiger partial charge in [0.05, 0.1) is 12.2 Å². The first kappa shape index (κ1) is 19.4. The van der Waals surface area contributed by atoms with Crippen molar-refractivity contribution in [2.75, 3.05) is 19.6 Å². The Morgan fingerprint density at radius 1 is 1.00 bits per heavy atom. The summed E-state index contributed by atoms with van der Waals surface area (Å²) in [6.45, 7) is 12.1. The minimum Gasteiger partial charge on any atom is -0.392 e. The highest BCUT2D eigenvalue weighted by Gasteiger charge is 2.09. The summed E-state index contributed by atoms with van der Waals surface area (Å²) in [4.78, 5) is 2.09. The summed E-state index contributed by atoms with van der Waals surface area (Å²) in [6.07, 6.45) is 7.08. The molecule has 0 saturated heterocycles. The van der Waals surface area contributed by atoms with Crippen LogP contribution in [-0.2, 0) is 0 Å². The van der Waals surface area contributed by atoms with Crippen molar-refractivity contribution >= 4 is 0 Å². The van der Waals surface area contributed by atoms with Gasteiger partial charge >= 0.3 is 0 Å². The zero-order valence-electron chi connectivity index (χ0n) is 13.9. The Balaban J connectivity index is 4.24. The van der Waals surface area contributed by atoms with Gasteiger partial charge in [-0.3, -0.25) is 4.90 Å². The lowest BCUT2D eigenvalue weighted by Crippen LogP contribution is -2.36. The van der Waals surface area contributed by atoms with Crippen LogP contribution >= 0.6 is 0 Å². The highest BCUT2D eigenvalue weighted by atomic mass is 16.3. The fourth-order valence-electron chi connectivity index (χ4n) is 2.05. The van der Waals surface area contributed by atoms with Crippen LogP contribution in [0.25, 0.3) is 0 Å². The van der Waals surface area contributed by atoms with Crippen molar-refractivity contribution in [1.82, 2.24) is 4.90 Å². The quantitative estimate of drug-likeness (QED) is 0.605. The van der Waals surface area contributed by atoms with Gasteiger partial charge in [-0.25, -0.2) is 0 Å². The average Bonchev–Trinajstić information content (AvgIpc) is 2.34. The van der Waals surface area contributed by atoms with Gasteiger partial charge in [-0.15, -0.1) is 0 Å². The van der Waals surface area contributed by atoms with Crippen molar-refractivity contribution in [3.05, 3.63) is 23.3 Å². The molecule has 118 valence electrons. The smallest absolute Gasteiger partial charge is 0.0639 e. The number of rotatable bonds is 10. The molecule has 0 aromatic heterocycles. The van der Waals surface area contributed by atoms with Crippen LogP contribution in [-0.4, -0.2) is 47.0 Å². The van der Waals surface area contributed by atoms with E-state index in [0.717, 1.165) is 25.8 Å². The van der Waals surface area contributed by atoms with Crippen LogP contribution in [0.2, 0.25) is 0 Å². The molecular formula is C17H33NO2. The minimum absolute atomic E-state index is 0.363. The fraction of sp³-hybridized carbons (Fsp3) is 0.765. The van der Waals surface area contributed by atoms with Gasteiger partial charge in [0.1, 0.15) is 0 Å². The molecule has 0 rings (SSSR count). The topological polar surface area (TPSA) is 43.7 Å². The van der Waals surface area contributed by atoms with E-state index in [1.165, 1.54) is 11.1 Å². The summed E-state index contributed by atoms with van der Waals surface area (Å²) < 4.78 is 0. The van der Waals surface area contributed by atoms with Crippen molar-refractivity contribution in [2.24, 2.45) is 0 Å². The van der Waals surface area contributed by atoms with E-state index in [1.54, 1.807) is 13.8 Å². The Morgan fingerprint density at radius 2 is 1.55 bits per heavy atom. The molecule has 0 aromatic carbocycles. The van der Waals surface area contributed by atoms with E-state index in [9.17, 15) is 10.2 Å². The molecule has 0 aliphatic carbocycles. The number of aliphatic hydroxyl groups is 2. The molecular weight excluding hydrogens is 250 g/mol.